The number of sulfonamides is 1. The Kier molecular flexibility index (Phi) is 11.9. The number of amides is 3. The highest BCUT2D eigenvalue weighted by molar-refractivity contribution is 7.91. The largest absolute Gasteiger partial charge is 0.459 e. The molecule has 1 aromatic carbocycles. The molecule has 6 rings (SSSR count). The summed E-state index contributed by atoms with van der Waals surface area (Å²) in [6, 6.07) is -0.648. The van der Waals surface area contributed by atoms with Crippen molar-refractivity contribution in [1.82, 2.24) is 34.5 Å². The van der Waals surface area contributed by atoms with Gasteiger partial charge in [-0.05, 0) is 77.5 Å². The van der Waals surface area contributed by atoms with Crippen LogP contribution in [0.5, 0.6) is 6.01 Å². The van der Waals surface area contributed by atoms with E-state index in [9.17, 15) is 40.4 Å². The van der Waals surface area contributed by atoms with Gasteiger partial charge in [0.2, 0.25) is 21.8 Å². The molecule has 3 aliphatic rings. The fraction of sp³-hybridized carbons (Fsp3) is 0.538. The van der Waals surface area contributed by atoms with Crippen molar-refractivity contribution >= 4 is 44.6 Å². The quantitative estimate of drug-likeness (QED) is 0.0832. The number of carbonyl (C=O) groups is 3. The minimum absolute atomic E-state index is 0.0519. The van der Waals surface area contributed by atoms with Crippen molar-refractivity contribution in [1.29, 1.82) is 0 Å². The Balaban J connectivity index is 1.32. The van der Waals surface area contributed by atoms with Crippen LogP contribution in [0.2, 0.25) is 0 Å². The van der Waals surface area contributed by atoms with Gasteiger partial charge in [-0.15, -0.1) is 13.2 Å². The van der Waals surface area contributed by atoms with E-state index >= 15 is 0 Å². The summed E-state index contributed by atoms with van der Waals surface area (Å²) in [5, 5.41) is 5.54. The van der Waals surface area contributed by atoms with Crippen LogP contribution in [0.1, 0.15) is 90.2 Å². The first-order valence-corrected chi connectivity index (χ1v) is 20.7. The number of allylic oxidation sites excluding steroid dienone is 1. The second-order valence-corrected chi connectivity index (χ2v) is 18.0. The summed E-state index contributed by atoms with van der Waals surface area (Å²) in [5.41, 5.74) is -2.29. The molecule has 1 saturated heterocycles. The summed E-state index contributed by atoms with van der Waals surface area (Å²) in [4.78, 5) is 56.9. The fourth-order valence-electron chi connectivity index (χ4n) is 7.33. The van der Waals surface area contributed by atoms with Gasteiger partial charge in [-0.25, -0.2) is 22.8 Å². The van der Waals surface area contributed by atoms with Gasteiger partial charge in [-0.1, -0.05) is 25.0 Å². The lowest BCUT2D eigenvalue weighted by Crippen LogP contribution is -2.58. The van der Waals surface area contributed by atoms with Crippen molar-refractivity contribution in [2.75, 3.05) is 11.9 Å². The maximum absolute atomic E-state index is 14.7. The molecule has 3 aromatic rings. The molecule has 0 bridgehead atoms. The highest BCUT2D eigenvalue weighted by atomic mass is 32.2. The van der Waals surface area contributed by atoms with E-state index in [4.69, 9.17) is 4.74 Å². The van der Waals surface area contributed by atoms with E-state index in [1.165, 1.54) is 30.4 Å². The number of nitrogens with one attached hydrogen (secondary N) is 3. The van der Waals surface area contributed by atoms with Crippen molar-refractivity contribution in [3.8, 4) is 6.01 Å². The minimum atomic E-state index is -4.87. The third-order valence-corrected chi connectivity index (χ3v) is 13.3. The molecule has 5 atom stereocenters. The second-order valence-electron chi connectivity index (χ2n) is 15.8. The summed E-state index contributed by atoms with van der Waals surface area (Å²) < 4.78 is 90.9. The van der Waals surface area contributed by atoms with Crippen LogP contribution in [0.15, 0.2) is 56.0 Å². The molecule has 0 spiro atoms. The Bertz CT molecular complexity index is 2190. The van der Waals surface area contributed by atoms with Crippen molar-refractivity contribution in [2.45, 2.75) is 119 Å². The number of alkyl halides is 3. The average Bonchev–Trinajstić information content (AvgIpc) is 3.99. The zero-order valence-corrected chi connectivity index (χ0v) is 33.3. The third-order valence-electron chi connectivity index (χ3n) is 11.1. The van der Waals surface area contributed by atoms with Crippen LogP contribution in [0, 0.1) is 11.7 Å². The molecule has 3 fully saturated rings. The summed E-state index contributed by atoms with van der Waals surface area (Å²) in [5.74, 6) is -4.19. The lowest BCUT2D eigenvalue weighted by atomic mass is 10.0. The van der Waals surface area contributed by atoms with Crippen molar-refractivity contribution in [2.24, 2.45) is 5.92 Å². The highest BCUT2D eigenvalue weighted by Gasteiger charge is 2.63. The molecule has 2 aromatic heterocycles. The highest BCUT2D eigenvalue weighted by Crippen LogP contribution is 2.47. The van der Waals surface area contributed by atoms with E-state index in [-0.39, 0.29) is 43.5 Å². The summed E-state index contributed by atoms with van der Waals surface area (Å²) in [7, 11) is -4.08. The Labute approximate surface area is 334 Å². The third kappa shape index (κ3) is 8.83. The van der Waals surface area contributed by atoms with Gasteiger partial charge in [0.25, 0.3) is 11.9 Å². The first-order valence-electron chi connectivity index (χ1n) is 19.2. The number of carbonyl (C=O) groups excluding carboxylic acids is 3. The number of fused-ring (bicyclic) bond motifs is 1. The fourth-order valence-corrected chi connectivity index (χ4v) is 8.64. The number of halogens is 4. The first-order chi connectivity index (χ1) is 27.3. The molecule has 1 unspecified atom stereocenters. The number of nitrogens with zero attached hydrogens (tertiary/aromatic N) is 5. The number of hydrogen-bond acceptors (Lipinski definition) is 10. The number of rotatable bonds is 18. The van der Waals surface area contributed by atoms with E-state index < -0.39 is 79.7 Å². The maximum Gasteiger partial charge on any atom is 0.416 e. The molecular weight excluding hydrogens is 785 g/mol. The summed E-state index contributed by atoms with van der Waals surface area (Å²) in [6.45, 7) is 12.6. The van der Waals surface area contributed by atoms with Crippen LogP contribution < -0.4 is 20.1 Å². The number of anilines is 1. The van der Waals surface area contributed by atoms with Crippen molar-refractivity contribution < 1.29 is 45.1 Å². The number of ether oxygens (including phenoxy) is 1. The minimum Gasteiger partial charge on any atom is -0.459 e. The molecule has 3 heterocycles. The van der Waals surface area contributed by atoms with Gasteiger partial charge in [-0.2, -0.15) is 18.2 Å². The number of hydrogen-bond donors (Lipinski definition) is 3. The molecule has 3 N–H and O–H groups in total. The van der Waals surface area contributed by atoms with Gasteiger partial charge >= 0.3 is 6.18 Å². The number of benzene rings is 1. The number of unbranched alkanes of at least 4 members (excludes halogenated alkanes) is 3. The van der Waals surface area contributed by atoms with Crippen molar-refractivity contribution in [3.05, 3.63) is 67.4 Å². The van der Waals surface area contributed by atoms with E-state index in [0.29, 0.717) is 55.4 Å². The van der Waals surface area contributed by atoms with E-state index in [2.05, 4.69) is 43.5 Å². The van der Waals surface area contributed by atoms with Crippen LogP contribution in [0.25, 0.3) is 11.2 Å². The second kappa shape index (κ2) is 16.3. The van der Waals surface area contributed by atoms with Crippen LogP contribution in [-0.2, 0) is 30.6 Å². The van der Waals surface area contributed by atoms with Crippen LogP contribution >= 0.6 is 0 Å². The average molecular weight is 833 g/mol. The van der Waals surface area contributed by atoms with E-state index in [1.807, 2.05) is 13.8 Å². The van der Waals surface area contributed by atoms with Gasteiger partial charge in [0, 0.05) is 24.1 Å². The zero-order valence-electron chi connectivity index (χ0n) is 32.5. The van der Waals surface area contributed by atoms with Crippen molar-refractivity contribution in [3.63, 3.8) is 0 Å². The molecule has 58 heavy (non-hydrogen) atoms. The smallest absolute Gasteiger partial charge is 0.416 e. The van der Waals surface area contributed by atoms with Gasteiger partial charge < -0.3 is 20.3 Å². The molecule has 0 radical (unpaired) electrons. The standard InChI is InChI=1S/C39H48F4N8O6S/c1-6-8-9-10-11-12-29(46-27-16-25(39(41,42)43)15-26(40)17-27)34(53)50-21-28(57-36-47-30-20-44-22-45-32(30)51(36)23(3)4)18-31(50)33(52)48-38(19-24(38)7-2)35(54)49-58(55,56)37(5)13-14-37/h6-7,15-17,20,22-24,28-29,31,46H,1-2,8-14,18-19,21H2,3-5H3,(H,48,52)(H,49,54)/t24?,28-,29+,31+,38-/m1/s1. The Hall–Kier alpha value is -5.07. The van der Waals surface area contributed by atoms with Gasteiger partial charge in [0.1, 0.15) is 41.4 Å². The van der Waals surface area contributed by atoms with E-state index in [1.54, 1.807) is 10.6 Å². The Morgan fingerprint density at radius 1 is 1.12 bits per heavy atom. The topological polar surface area (TPSA) is 178 Å². The molecule has 2 saturated carbocycles. The molecular formula is C39H48F4N8O6S. The molecule has 19 heteroatoms. The van der Waals surface area contributed by atoms with Crippen LogP contribution in [0.3, 0.4) is 0 Å². The Morgan fingerprint density at radius 2 is 1.86 bits per heavy atom. The summed E-state index contributed by atoms with van der Waals surface area (Å²) >= 11 is 0. The molecule has 2 aliphatic carbocycles. The lowest BCUT2D eigenvalue weighted by Gasteiger charge is -2.30. The lowest BCUT2D eigenvalue weighted by molar-refractivity contribution is -0.140. The predicted octanol–water partition coefficient (Wildman–Crippen LogP) is 5.59. The first kappa shape index (κ1) is 42.5. The van der Waals surface area contributed by atoms with Gasteiger partial charge in [-0.3, -0.25) is 23.7 Å². The Morgan fingerprint density at radius 3 is 2.50 bits per heavy atom. The molecule has 3 amide bonds. The van der Waals surface area contributed by atoms with Crippen LogP contribution in [0.4, 0.5) is 23.2 Å². The van der Waals surface area contributed by atoms with Gasteiger partial charge in [0.15, 0.2) is 5.65 Å². The van der Waals surface area contributed by atoms with Crippen LogP contribution in [-0.4, -0.2) is 85.6 Å². The monoisotopic (exact) mass is 832 g/mol. The molecule has 314 valence electrons. The molecule has 1 aliphatic heterocycles. The summed E-state index contributed by atoms with van der Waals surface area (Å²) in [6.07, 6.45) is 3.63. The normalized spacial score (nSPS) is 23.0. The zero-order chi connectivity index (χ0) is 42.2. The SMILES string of the molecule is C=CCCCCC[C@H](Nc1cc(F)cc(C(F)(F)F)c1)C(=O)N1C[C@H](Oc2nc3cncnc3n2C(C)C)C[C@H]1C(=O)N[C@]1(C(=O)NS(=O)(=O)C2(C)CC2)CC1C=C. The number of imidazole rings is 1. The van der Waals surface area contributed by atoms with E-state index in [0.717, 1.165) is 12.5 Å². The van der Waals surface area contributed by atoms with Gasteiger partial charge in [0.05, 0.1) is 23.1 Å². The maximum atomic E-state index is 14.7. The number of likely N-dealkylation sites (tertiary alicyclic amines) is 1. The predicted molar refractivity (Wildman–Crippen MR) is 206 cm³/mol. The molecule has 14 nitrogen and oxygen atoms in total. The number of aromatic nitrogens is 4.